The third-order valence-corrected chi connectivity index (χ3v) is 3.39. The number of ether oxygens (including phenoxy) is 1. The molecule has 0 bridgehead atoms. The van der Waals surface area contributed by atoms with Crippen LogP contribution in [0.1, 0.15) is 15.9 Å². The van der Waals surface area contributed by atoms with Crippen LogP contribution in [-0.4, -0.2) is 13.0 Å². The van der Waals surface area contributed by atoms with Crippen LogP contribution < -0.4 is 10.1 Å². The Kier molecular flexibility index (Phi) is 4.88. The molecule has 0 fully saturated rings. The van der Waals surface area contributed by atoms with E-state index in [0.717, 1.165) is 5.56 Å². The lowest BCUT2D eigenvalue weighted by Gasteiger charge is -2.08. The van der Waals surface area contributed by atoms with Crippen molar-refractivity contribution in [1.29, 1.82) is 0 Å². The van der Waals surface area contributed by atoms with Crippen LogP contribution in [0.25, 0.3) is 0 Å². The lowest BCUT2D eigenvalue weighted by Crippen LogP contribution is -2.22. The predicted octanol–water partition coefficient (Wildman–Crippen LogP) is 3.93. The molecule has 0 saturated heterocycles. The third kappa shape index (κ3) is 3.65. The van der Waals surface area contributed by atoms with Gasteiger partial charge in [0, 0.05) is 22.2 Å². The van der Waals surface area contributed by atoms with E-state index in [2.05, 4.69) is 5.32 Å². The number of nitrogens with one attached hydrogen (secondary N) is 1. The molecule has 20 heavy (non-hydrogen) atoms. The van der Waals surface area contributed by atoms with Gasteiger partial charge < -0.3 is 10.1 Å². The van der Waals surface area contributed by atoms with Crippen LogP contribution in [-0.2, 0) is 6.54 Å². The van der Waals surface area contributed by atoms with Crippen molar-refractivity contribution in [1.82, 2.24) is 5.32 Å². The van der Waals surface area contributed by atoms with E-state index in [0.29, 0.717) is 27.9 Å². The van der Waals surface area contributed by atoms with E-state index in [9.17, 15) is 4.79 Å². The van der Waals surface area contributed by atoms with Crippen LogP contribution in [0.5, 0.6) is 5.75 Å². The van der Waals surface area contributed by atoms with Crippen molar-refractivity contribution in [3.8, 4) is 5.75 Å². The summed E-state index contributed by atoms with van der Waals surface area (Å²) in [4.78, 5) is 12.0. The number of carbonyl (C=O) groups is 1. The number of amides is 1. The fraction of sp³-hybridized carbons (Fsp3) is 0.133. The molecule has 0 spiro atoms. The van der Waals surface area contributed by atoms with Gasteiger partial charge in [-0.1, -0.05) is 29.3 Å². The van der Waals surface area contributed by atoms with Gasteiger partial charge in [-0.15, -0.1) is 0 Å². The average Bonchev–Trinajstić information content (AvgIpc) is 2.46. The van der Waals surface area contributed by atoms with Crippen molar-refractivity contribution in [2.75, 3.05) is 7.11 Å². The summed E-state index contributed by atoms with van der Waals surface area (Å²) in [6.45, 7) is 0.348. The van der Waals surface area contributed by atoms with Gasteiger partial charge in [0.05, 0.1) is 7.11 Å². The summed E-state index contributed by atoms with van der Waals surface area (Å²) in [6.07, 6.45) is 0. The fourth-order valence-electron chi connectivity index (χ4n) is 1.69. The Hall–Kier alpha value is -1.71. The second kappa shape index (κ2) is 6.64. The largest absolute Gasteiger partial charge is 0.497 e. The van der Waals surface area contributed by atoms with Crippen molar-refractivity contribution in [2.45, 2.75) is 6.54 Å². The molecule has 0 aliphatic rings. The van der Waals surface area contributed by atoms with Crippen molar-refractivity contribution in [3.63, 3.8) is 0 Å². The lowest BCUT2D eigenvalue weighted by atomic mass is 10.2. The van der Waals surface area contributed by atoms with Crippen molar-refractivity contribution in [2.24, 2.45) is 0 Å². The molecule has 2 aromatic rings. The Balaban J connectivity index is 2.00. The minimum atomic E-state index is -0.168. The smallest absolute Gasteiger partial charge is 0.251 e. The van der Waals surface area contributed by atoms with Crippen LogP contribution in [0.15, 0.2) is 42.5 Å². The molecule has 5 heteroatoms. The number of halogens is 2. The lowest BCUT2D eigenvalue weighted by molar-refractivity contribution is 0.0951. The standard InChI is InChI=1S/C15H13Cl2NO2/c1-20-13-6-3-10(4-7-13)15(19)18-9-11-2-5-12(16)8-14(11)17/h2-8H,9H2,1H3,(H,18,19). The molecule has 2 aromatic carbocycles. The van der Waals surface area contributed by atoms with Crippen molar-refractivity contribution < 1.29 is 9.53 Å². The minimum absolute atomic E-state index is 0.168. The number of benzene rings is 2. The van der Waals surface area contributed by atoms with Gasteiger partial charge in [-0.25, -0.2) is 0 Å². The Morgan fingerprint density at radius 1 is 1.15 bits per heavy atom. The first kappa shape index (κ1) is 14.7. The molecule has 3 nitrogen and oxygen atoms in total. The summed E-state index contributed by atoms with van der Waals surface area (Å²) in [5, 5.41) is 3.91. The van der Waals surface area contributed by atoms with Gasteiger partial charge in [0.1, 0.15) is 5.75 Å². The monoisotopic (exact) mass is 309 g/mol. The van der Waals surface area contributed by atoms with E-state index in [1.807, 2.05) is 0 Å². The summed E-state index contributed by atoms with van der Waals surface area (Å²) in [7, 11) is 1.58. The first-order valence-corrected chi connectivity index (χ1v) is 6.72. The molecule has 0 aliphatic carbocycles. The van der Waals surface area contributed by atoms with Gasteiger partial charge >= 0.3 is 0 Å². The van der Waals surface area contributed by atoms with E-state index in [1.165, 1.54) is 0 Å². The number of hydrogen-bond acceptors (Lipinski definition) is 2. The van der Waals surface area contributed by atoms with E-state index in [-0.39, 0.29) is 5.91 Å². The molecule has 0 radical (unpaired) electrons. The molecule has 0 unspecified atom stereocenters. The van der Waals surface area contributed by atoms with Crippen LogP contribution in [0, 0.1) is 0 Å². The second-order valence-corrected chi connectivity index (χ2v) is 4.99. The quantitative estimate of drug-likeness (QED) is 0.929. The first-order chi connectivity index (χ1) is 9.60. The average molecular weight is 310 g/mol. The van der Waals surface area contributed by atoms with Gasteiger partial charge in [-0.3, -0.25) is 4.79 Å². The number of hydrogen-bond donors (Lipinski definition) is 1. The second-order valence-electron chi connectivity index (χ2n) is 4.15. The molecule has 104 valence electrons. The molecule has 1 amide bonds. The molecule has 1 N–H and O–H groups in total. The fourth-order valence-corrected chi connectivity index (χ4v) is 2.16. The van der Waals surface area contributed by atoms with Gasteiger partial charge in [-0.05, 0) is 42.0 Å². The zero-order valence-corrected chi connectivity index (χ0v) is 12.3. The summed E-state index contributed by atoms with van der Waals surface area (Å²) < 4.78 is 5.04. The van der Waals surface area contributed by atoms with Crippen LogP contribution in [0.2, 0.25) is 10.0 Å². The third-order valence-electron chi connectivity index (χ3n) is 2.81. The maximum Gasteiger partial charge on any atom is 0.251 e. The van der Waals surface area contributed by atoms with Gasteiger partial charge in [-0.2, -0.15) is 0 Å². The predicted molar refractivity (Wildman–Crippen MR) is 80.6 cm³/mol. The Morgan fingerprint density at radius 2 is 1.85 bits per heavy atom. The normalized spacial score (nSPS) is 10.2. The maximum atomic E-state index is 12.0. The van der Waals surface area contributed by atoms with E-state index < -0.39 is 0 Å². The Bertz CT molecular complexity index is 612. The zero-order chi connectivity index (χ0) is 14.5. The zero-order valence-electron chi connectivity index (χ0n) is 10.8. The molecule has 0 aromatic heterocycles. The van der Waals surface area contributed by atoms with Crippen molar-refractivity contribution in [3.05, 3.63) is 63.6 Å². The Morgan fingerprint density at radius 3 is 2.45 bits per heavy atom. The highest BCUT2D eigenvalue weighted by Crippen LogP contribution is 2.20. The Labute approximate surface area is 127 Å². The molecule has 0 saturated carbocycles. The number of methoxy groups -OCH3 is 1. The highest BCUT2D eigenvalue weighted by atomic mass is 35.5. The van der Waals surface area contributed by atoms with Crippen LogP contribution >= 0.6 is 23.2 Å². The van der Waals surface area contributed by atoms with Crippen LogP contribution in [0.4, 0.5) is 0 Å². The maximum absolute atomic E-state index is 12.0. The SMILES string of the molecule is COc1ccc(C(=O)NCc2ccc(Cl)cc2Cl)cc1. The molecular weight excluding hydrogens is 297 g/mol. The molecular formula is C15H13Cl2NO2. The number of rotatable bonds is 4. The van der Waals surface area contributed by atoms with Crippen molar-refractivity contribution >= 4 is 29.1 Å². The van der Waals surface area contributed by atoms with Gasteiger partial charge in [0.15, 0.2) is 0 Å². The summed E-state index contributed by atoms with van der Waals surface area (Å²) in [5.41, 5.74) is 1.38. The van der Waals surface area contributed by atoms with E-state index in [4.69, 9.17) is 27.9 Å². The minimum Gasteiger partial charge on any atom is -0.497 e. The van der Waals surface area contributed by atoms with E-state index in [1.54, 1.807) is 49.6 Å². The summed E-state index contributed by atoms with van der Waals surface area (Å²) in [6, 6.07) is 12.1. The molecule has 0 atom stereocenters. The summed E-state index contributed by atoms with van der Waals surface area (Å²) >= 11 is 11.9. The number of carbonyl (C=O) groups excluding carboxylic acids is 1. The highest BCUT2D eigenvalue weighted by Gasteiger charge is 2.07. The topological polar surface area (TPSA) is 38.3 Å². The highest BCUT2D eigenvalue weighted by molar-refractivity contribution is 6.35. The van der Waals surface area contributed by atoms with Crippen LogP contribution in [0.3, 0.4) is 0 Å². The van der Waals surface area contributed by atoms with Gasteiger partial charge in [0.2, 0.25) is 0 Å². The molecule has 2 rings (SSSR count). The van der Waals surface area contributed by atoms with E-state index >= 15 is 0 Å². The molecule has 0 heterocycles. The summed E-state index contributed by atoms with van der Waals surface area (Å²) in [5.74, 6) is 0.543. The first-order valence-electron chi connectivity index (χ1n) is 5.96. The van der Waals surface area contributed by atoms with Gasteiger partial charge in [0.25, 0.3) is 5.91 Å². The molecule has 0 aliphatic heterocycles.